The minimum absolute atomic E-state index is 0.197. The summed E-state index contributed by atoms with van der Waals surface area (Å²) >= 11 is 6.80. The Labute approximate surface area is 278 Å². The van der Waals surface area contributed by atoms with Crippen molar-refractivity contribution in [1.82, 2.24) is 14.3 Å². The van der Waals surface area contributed by atoms with E-state index in [1.165, 1.54) is 22.2 Å². The second-order valence-electron chi connectivity index (χ2n) is 11.8. The van der Waals surface area contributed by atoms with Crippen LogP contribution in [0.3, 0.4) is 0 Å². The monoisotopic (exact) mass is 665 g/mol. The fourth-order valence-electron chi connectivity index (χ4n) is 5.91. The van der Waals surface area contributed by atoms with Crippen LogP contribution in [0, 0.1) is 12.7 Å². The van der Waals surface area contributed by atoms with E-state index in [-0.39, 0.29) is 23.7 Å². The van der Waals surface area contributed by atoms with Gasteiger partial charge in [-0.15, -0.1) is 0 Å². The molecule has 5 rings (SSSR count). The Bertz CT molecular complexity index is 1690. The summed E-state index contributed by atoms with van der Waals surface area (Å²) in [4.78, 5) is 49.0. The topological polar surface area (TPSA) is 98.5 Å². The van der Waals surface area contributed by atoms with Crippen molar-refractivity contribution in [2.24, 2.45) is 0 Å². The van der Waals surface area contributed by atoms with Crippen LogP contribution in [0.4, 0.5) is 15.9 Å². The first-order valence-electron chi connectivity index (χ1n) is 16.0. The lowest BCUT2D eigenvalue weighted by atomic mass is 10.1. The average molecular weight is 666 g/mol. The van der Waals surface area contributed by atoms with Crippen LogP contribution in [0.5, 0.6) is 0 Å². The molecule has 0 aliphatic carbocycles. The number of halogens is 1. The molecule has 1 aromatic carbocycles. The number of unbranched alkanes of at least 4 members (excludes halogenated alkanes) is 7. The van der Waals surface area contributed by atoms with E-state index in [0.29, 0.717) is 64.7 Å². The lowest BCUT2D eigenvalue weighted by molar-refractivity contribution is -0.137. The summed E-state index contributed by atoms with van der Waals surface area (Å²) in [7, 11) is 0. The molecule has 2 aromatic heterocycles. The van der Waals surface area contributed by atoms with Crippen LogP contribution in [-0.2, 0) is 9.59 Å². The van der Waals surface area contributed by atoms with Crippen molar-refractivity contribution in [2.45, 2.75) is 64.7 Å². The first-order chi connectivity index (χ1) is 22.2. The summed E-state index contributed by atoms with van der Waals surface area (Å²) in [6.07, 6.45) is 11.4. The summed E-state index contributed by atoms with van der Waals surface area (Å²) in [5, 5.41) is 8.73. The highest BCUT2D eigenvalue weighted by molar-refractivity contribution is 8.26. The van der Waals surface area contributed by atoms with Crippen molar-refractivity contribution < 1.29 is 19.1 Å². The number of rotatable bonds is 14. The van der Waals surface area contributed by atoms with E-state index in [9.17, 15) is 18.8 Å². The first-order valence-corrected chi connectivity index (χ1v) is 17.2. The van der Waals surface area contributed by atoms with Crippen molar-refractivity contribution in [3.63, 3.8) is 0 Å². The third-order valence-electron chi connectivity index (χ3n) is 8.43. The van der Waals surface area contributed by atoms with Crippen LogP contribution in [0.1, 0.15) is 68.9 Å². The number of pyridine rings is 1. The summed E-state index contributed by atoms with van der Waals surface area (Å²) in [6, 6.07) is 10.5. The van der Waals surface area contributed by atoms with Gasteiger partial charge < -0.3 is 14.9 Å². The Morgan fingerprint density at radius 1 is 0.957 bits per heavy atom. The molecule has 0 saturated carbocycles. The van der Waals surface area contributed by atoms with Gasteiger partial charge in [-0.1, -0.05) is 80.7 Å². The van der Waals surface area contributed by atoms with Crippen molar-refractivity contribution in [1.29, 1.82) is 0 Å². The van der Waals surface area contributed by atoms with Gasteiger partial charge in [0, 0.05) is 45.3 Å². The number of thioether (sulfide) groups is 1. The van der Waals surface area contributed by atoms with Gasteiger partial charge in [0.1, 0.15) is 21.6 Å². The zero-order valence-electron chi connectivity index (χ0n) is 26.1. The van der Waals surface area contributed by atoms with Gasteiger partial charge in [-0.2, -0.15) is 0 Å². The van der Waals surface area contributed by atoms with Crippen molar-refractivity contribution in [2.75, 3.05) is 42.5 Å². The predicted molar refractivity (Wildman–Crippen MR) is 186 cm³/mol. The molecule has 0 radical (unpaired) electrons. The van der Waals surface area contributed by atoms with Gasteiger partial charge in [0.15, 0.2) is 0 Å². The number of fused-ring (bicyclic) bond motifs is 1. The van der Waals surface area contributed by atoms with Crippen molar-refractivity contribution in [3.8, 4) is 0 Å². The number of carbonyl (C=O) groups is 2. The molecule has 0 unspecified atom stereocenters. The van der Waals surface area contributed by atoms with Crippen molar-refractivity contribution in [3.05, 3.63) is 74.8 Å². The van der Waals surface area contributed by atoms with Crippen LogP contribution >= 0.6 is 24.0 Å². The van der Waals surface area contributed by atoms with Gasteiger partial charge in [0.2, 0.25) is 0 Å². The smallest absolute Gasteiger partial charge is 0.303 e. The third kappa shape index (κ3) is 8.14. The maximum absolute atomic E-state index is 14.5. The highest BCUT2D eigenvalue weighted by Crippen LogP contribution is 2.34. The molecule has 244 valence electrons. The highest BCUT2D eigenvalue weighted by atomic mass is 32.2. The third-order valence-corrected chi connectivity index (χ3v) is 9.81. The molecule has 2 aliphatic rings. The normalized spacial score (nSPS) is 16.3. The Morgan fingerprint density at radius 3 is 2.30 bits per heavy atom. The maximum atomic E-state index is 14.5. The predicted octanol–water partition coefficient (Wildman–Crippen LogP) is 6.27. The van der Waals surface area contributed by atoms with E-state index in [0.717, 1.165) is 56.9 Å². The Hall–Kier alpha value is -3.77. The summed E-state index contributed by atoms with van der Waals surface area (Å²) in [5.74, 6) is -0.687. The number of carboxylic acids is 1. The van der Waals surface area contributed by atoms with Crippen LogP contribution < -0.4 is 15.4 Å². The van der Waals surface area contributed by atoms with E-state index in [1.54, 1.807) is 29.3 Å². The molecule has 12 heteroatoms. The number of carboxylic acid groups (broad SMARTS) is 1. The molecule has 46 heavy (non-hydrogen) atoms. The fraction of sp³-hybridized carbons (Fsp3) is 0.441. The van der Waals surface area contributed by atoms with Gasteiger partial charge in [-0.25, -0.2) is 9.37 Å². The number of amides is 1. The summed E-state index contributed by atoms with van der Waals surface area (Å²) in [6.45, 7) is 4.62. The summed E-state index contributed by atoms with van der Waals surface area (Å²) < 4.78 is 16.5. The van der Waals surface area contributed by atoms with Crippen molar-refractivity contribution >= 4 is 63.4 Å². The van der Waals surface area contributed by atoms with Gasteiger partial charge in [0.05, 0.1) is 16.2 Å². The largest absolute Gasteiger partial charge is 0.481 e. The maximum Gasteiger partial charge on any atom is 0.303 e. The van der Waals surface area contributed by atoms with Crippen LogP contribution in [-0.4, -0.2) is 68.3 Å². The Morgan fingerprint density at radius 2 is 1.61 bits per heavy atom. The lowest BCUT2D eigenvalue weighted by Crippen LogP contribution is -2.47. The molecule has 0 atom stereocenters. The number of thiocarbonyl (C=S) groups is 1. The van der Waals surface area contributed by atoms with Gasteiger partial charge >= 0.3 is 5.97 Å². The molecule has 1 amide bonds. The SMILES string of the molecule is Cc1ccc2nc(N3CCN(c4ccccc4F)CC3)c(C=C3SC(=S)N(CCCCCCCCCCC(=O)O)C3=O)c(=O)n2c1. The number of piperazine rings is 1. The number of anilines is 2. The van der Waals surface area contributed by atoms with Gasteiger partial charge in [-0.3, -0.25) is 23.7 Å². The minimum atomic E-state index is -0.737. The number of aryl methyl sites for hydroxylation is 1. The first kappa shape index (κ1) is 33.6. The molecule has 3 aromatic rings. The molecule has 0 bridgehead atoms. The summed E-state index contributed by atoms with van der Waals surface area (Å²) in [5.41, 5.74) is 2.08. The molecule has 9 nitrogen and oxygen atoms in total. The Balaban J connectivity index is 1.26. The molecule has 2 aliphatic heterocycles. The highest BCUT2D eigenvalue weighted by Gasteiger charge is 2.33. The van der Waals surface area contributed by atoms with E-state index in [4.69, 9.17) is 22.3 Å². The second kappa shape index (κ2) is 15.7. The zero-order valence-corrected chi connectivity index (χ0v) is 27.8. The number of benzene rings is 1. The van der Waals surface area contributed by atoms with Gasteiger partial charge in [-0.05, 0) is 49.6 Å². The fourth-order valence-corrected chi connectivity index (χ4v) is 7.20. The molecule has 2 fully saturated rings. The number of aromatic nitrogens is 2. The van der Waals surface area contributed by atoms with E-state index >= 15 is 0 Å². The minimum Gasteiger partial charge on any atom is -0.481 e. The zero-order chi connectivity index (χ0) is 32.6. The van der Waals surface area contributed by atoms with Gasteiger partial charge in [0.25, 0.3) is 11.5 Å². The molecule has 0 spiro atoms. The molecule has 1 N–H and O–H groups in total. The number of hydrogen-bond acceptors (Lipinski definition) is 8. The molecule has 2 saturated heterocycles. The van der Waals surface area contributed by atoms with E-state index in [2.05, 4.69) is 0 Å². The Kier molecular flexibility index (Phi) is 11.5. The second-order valence-corrected chi connectivity index (χ2v) is 13.5. The number of para-hydroxylation sites is 1. The number of nitrogens with zero attached hydrogens (tertiary/aromatic N) is 5. The van der Waals surface area contributed by atoms with E-state index in [1.807, 2.05) is 34.9 Å². The van der Waals surface area contributed by atoms with Crippen LogP contribution in [0.15, 0.2) is 52.3 Å². The van der Waals surface area contributed by atoms with Crippen LogP contribution in [0.25, 0.3) is 11.7 Å². The van der Waals surface area contributed by atoms with Crippen LogP contribution in [0.2, 0.25) is 0 Å². The number of aliphatic carboxylic acids is 1. The number of hydrogen-bond donors (Lipinski definition) is 1. The number of carbonyl (C=O) groups excluding carboxylic acids is 1. The average Bonchev–Trinajstić information content (AvgIpc) is 3.31. The molecular weight excluding hydrogens is 626 g/mol. The molecule has 4 heterocycles. The molecular formula is C34H40FN5O4S2. The lowest BCUT2D eigenvalue weighted by Gasteiger charge is -2.37. The quantitative estimate of drug-likeness (QED) is 0.122. The standard InChI is InChI=1S/C34H40FN5O4S2/c1-24-15-16-29-36-31(38-20-18-37(19-21-38)27-13-10-9-12-26(27)35)25(32(43)40(29)23-24)22-28-33(44)39(34(45)46-28)17-11-7-5-3-2-4-6-8-14-30(41)42/h9-10,12-13,15-16,22-23H,2-8,11,14,17-21H2,1H3,(H,41,42). The van der Waals surface area contributed by atoms with E-state index < -0.39 is 5.97 Å².